The number of pyridine rings is 1. The van der Waals surface area contributed by atoms with Gasteiger partial charge in [-0.25, -0.2) is 8.42 Å². The number of nitrogens with zero attached hydrogens (tertiary/aromatic N) is 1. The van der Waals surface area contributed by atoms with Gasteiger partial charge >= 0.3 is 0 Å². The van der Waals surface area contributed by atoms with Gasteiger partial charge < -0.3 is 5.32 Å². The van der Waals surface area contributed by atoms with Crippen LogP contribution in [0.25, 0.3) is 10.9 Å². The molecule has 1 aromatic carbocycles. The second kappa shape index (κ2) is 6.04. The summed E-state index contributed by atoms with van der Waals surface area (Å²) in [6.45, 7) is 0.495. The maximum Gasteiger partial charge on any atom is 0.224 e. The number of hydrogen-bond acceptors (Lipinski definition) is 4. The van der Waals surface area contributed by atoms with Crippen LogP contribution in [0.2, 0.25) is 0 Å². The highest BCUT2D eigenvalue weighted by Crippen LogP contribution is 2.18. The molecular formula is C16H18N2O3S. The van der Waals surface area contributed by atoms with Crippen molar-refractivity contribution in [2.75, 3.05) is 18.1 Å². The summed E-state index contributed by atoms with van der Waals surface area (Å²) in [6, 6.07) is 9.95. The lowest BCUT2D eigenvalue weighted by molar-refractivity contribution is -0.124. The second-order valence-corrected chi connectivity index (χ2v) is 7.91. The van der Waals surface area contributed by atoms with Gasteiger partial charge in [0.05, 0.1) is 22.9 Å². The van der Waals surface area contributed by atoms with Crippen LogP contribution < -0.4 is 5.32 Å². The number of nitrogens with one attached hydrogen (secondary N) is 1. The molecule has 6 heteroatoms. The Labute approximate surface area is 129 Å². The van der Waals surface area contributed by atoms with Gasteiger partial charge in [0.15, 0.2) is 9.84 Å². The molecule has 1 aromatic heterocycles. The van der Waals surface area contributed by atoms with Gasteiger partial charge in [-0.2, -0.15) is 0 Å². The number of para-hydroxylation sites is 1. The number of hydrogen-bond donors (Lipinski definition) is 1. The van der Waals surface area contributed by atoms with Crippen LogP contribution in [0.5, 0.6) is 0 Å². The first-order chi connectivity index (χ1) is 10.5. The predicted octanol–water partition coefficient (Wildman–Crippen LogP) is 1.33. The third-order valence-electron chi connectivity index (χ3n) is 3.96. The topological polar surface area (TPSA) is 76.1 Å². The predicted molar refractivity (Wildman–Crippen MR) is 85.2 cm³/mol. The molecule has 22 heavy (non-hydrogen) atoms. The summed E-state index contributed by atoms with van der Waals surface area (Å²) in [4.78, 5) is 16.3. The van der Waals surface area contributed by atoms with E-state index in [4.69, 9.17) is 0 Å². The molecule has 2 heterocycles. The van der Waals surface area contributed by atoms with Gasteiger partial charge in [-0.15, -0.1) is 0 Å². The highest BCUT2D eigenvalue weighted by molar-refractivity contribution is 7.91. The summed E-state index contributed by atoms with van der Waals surface area (Å²) in [5.41, 5.74) is 2.00. The van der Waals surface area contributed by atoms with Crippen LogP contribution >= 0.6 is 0 Å². The molecule has 1 fully saturated rings. The monoisotopic (exact) mass is 318 g/mol. The molecule has 0 spiro atoms. The van der Waals surface area contributed by atoms with E-state index < -0.39 is 9.84 Å². The Kier molecular flexibility index (Phi) is 4.11. The van der Waals surface area contributed by atoms with Gasteiger partial charge in [-0.05, 0) is 30.5 Å². The van der Waals surface area contributed by atoms with Crippen molar-refractivity contribution in [3.8, 4) is 0 Å². The van der Waals surface area contributed by atoms with Crippen LogP contribution in [0.4, 0.5) is 0 Å². The molecule has 5 nitrogen and oxygen atoms in total. The van der Waals surface area contributed by atoms with E-state index in [-0.39, 0.29) is 23.3 Å². The zero-order valence-corrected chi connectivity index (χ0v) is 13.0. The van der Waals surface area contributed by atoms with Crippen molar-refractivity contribution in [2.45, 2.75) is 12.8 Å². The fraction of sp³-hybridized carbons (Fsp3) is 0.375. The second-order valence-electron chi connectivity index (χ2n) is 5.68. The van der Waals surface area contributed by atoms with Gasteiger partial charge in [0.1, 0.15) is 0 Å². The van der Waals surface area contributed by atoms with E-state index in [1.165, 1.54) is 0 Å². The van der Waals surface area contributed by atoms with E-state index in [0.717, 1.165) is 16.5 Å². The van der Waals surface area contributed by atoms with Crippen LogP contribution in [0.15, 0.2) is 36.5 Å². The van der Waals surface area contributed by atoms with E-state index in [1.54, 1.807) is 0 Å². The summed E-state index contributed by atoms with van der Waals surface area (Å²) in [7, 11) is -3.01. The van der Waals surface area contributed by atoms with Gasteiger partial charge in [-0.1, -0.05) is 18.2 Å². The lowest BCUT2D eigenvalue weighted by Gasteiger charge is -2.09. The van der Waals surface area contributed by atoms with Crippen molar-refractivity contribution < 1.29 is 13.2 Å². The molecule has 0 radical (unpaired) electrons. The Bertz CT molecular complexity index is 802. The number of benzene rings is 1. The molecule has 0 aliphatic carbocycles. The molecule has 1 saturated heterocycles. The average Bonchev–Trinajstić information content (AvgIpc) is 2.87. The van der Waals surface area contributed by atoms with Gasteiger partial charge in [0.25, 0.3) is 0 Å². The van der Waals surface area contributed by atoms with Crippen molar-refractivity contribution in [2.24, 2.45) is 5.92 Å². The molecule has 1 amide bonds. The van der Waals surface area contributed by atoms with Crippen molar-refractivity contribution in [1.82, 2.24) is 10.3 Å². The van der Waals surface area contributed by atoms with Crippen molar-refractivity contribution in [1.29, 1.82) is 0 Å². The van der Waals surface area contributed by atoms with Crippen LogP contribution in [-0.4, -0.2) is 37.4 Å². The third kappa shape index (κ3) is 3.44. The lowest BCUT2D eigenvalue weighted by atomic mass is 10.1. The third-order valence-corrected chi connectivity index (χ3v) is 5.73. The molecule has 1 aliphatic rings. The fourth-order valence-electron chi connectivity index (χ4n) is 2.73. The van der Waals surface area contributed by atoms with E-state index >= 15 is 0 Å². The minimum Gasteiger partial charge on any atom is -0.356 e. The zero-order valence-electron chi connectivity index (χ0n) is 12.2. The molecule has 3 rings (SSSR count). The first-order valence-corrected chi connectivity index (χ1v) is 9.17. The van der Waals surface area contributed by atoms with E-state index in [9.17, 15) is 13.2 Å². The zero-order chi connectivity index (χ0) is 15.6. The Morgan fingerprint density at radius 3 is 2.91 bits per heavy atom. The Balaban J connectivity index is 1.55. The summed E-state index contributed by atoms with van der Waals surface area (Å²) in [6.07, 6.45) is 2.93. The first-order valence-electron chi connectivity index (χ1n) is 7.35. The Hall–Kier alpha value is -1.95. The molecule has 2 aromatic rings. The average molecular weight is 318 g/mol. The minimum atomic E-state index is -3.01. The SMILES string of the molecule is O=C(NCCc1cnc2ccccc2c1)C1CCS(=O)(=O)C1. The number of sulfone groups is 1. The van der Waals surface area contributed by atoms with Gasteiger partial charge in [0.2, 0.25) is 5.91 Å². The highest BCUT2D eigenvalue weighted by atomic mass is 32.2. The highest BCUT2D eigenvalue weighted by Gasteiger charge is 2.32. The Morgan fingerprint density at radius 2 is 2.14 bits per heavy atom. The fourth-order valence-corrected chi connectivity index (χ4v) is 4.47. The normalized spacial score (nSPS) is 20.1. The van der Waals surface area contributed by atoms with Crippen molar-refractivity contribution in [3.05, 3.63) is 42.1 Å². The number of fused-ring (bicyclic) bond motifs is 1. The Morgan fingerprint density at radius 1 is 1.32 bits per heavy atom. The lowest BCUT2D eigenvalue weighted by Crippen LogP contribution is -2.32. The smallest absolute Gasteiger partial charge is 0.224 e. The quantitative estimate of drug-likeness (QED) is 0.922. The molecule has 1 aliphatic heterocycles. The van der Waals surface area contributed by atoms with Crippen molar-refractivity contribution >= 4 is 26.6 Å². The first kappa shape index (κ1) is 15.0. The summed E-state index contributed by atoms with van der Waals surface area (Å²) in [5.74, 6) is -0.440. The summed E-state index contributed by atoms with van der Waals surface area (Å²) >= 11 is 0. The minimum absolute atomic E-state index is 0.0175. The van der Waals surface area contributed by atoms with Gasteiger partial charge in [0, 0.05) is 18.1 Å². The molecule has 116 valence electrons. The largest absolute Gasteiger partial charge is 0.356 e. The number of carbonyl (C=O) groups is 1. The number of carbonyl (C=O) groups excluding carboxylic acids is 1. The summed E-state index contributed by atoms with van der Waals surface area (Å²) < 4.78 is 22.8. The maximum atomic E-state index is 11.9. The van der Waals surface area contributed by atoms with Crippen LogP contribution in [0.1, 0.15) is 12.0 Å². The summed E-state index contributed by atoms with van der Waals surface area (Å²) in [5, 5.41) is 3.90. The maximum absolute atomic E-state index is 11.9. The van der Waals surface area contributed by atoms with E-state index in [1.807, 2.05) is 30.5 Å². The number of aromatic nitrogens is 1. The van der Waals surface area contributed by atoms with Crippen LogP contribution in [0.3, 0.4) is 0 Å². The van der Waals surface area contributed by atoms with Crippen LogP contribution in [0, 0.1) is 5.92 Å². The number of amides is 1. The van der Waals surface area contributed by atoms with Gasteiger partial charge in [-0.3, -0.25) is 9.78 Å². The van der Waals surface area contributed by atoms with Crippen LogP contribution in [-0.2, 0) is 21.1 Å². The van der Waals surface area contributed by atoms with Crippen molar-refractivity contribution in [3.63, 3.8) is 0 Å². The molecule has 1 atom stereocenters. The van der Waals surface area contributed by atoms with E-state index in [0.29, 0.717) is 19.4 Å². The molecular weight excluding hydrogens is 300 g/mol. The molecule has 0 bridgehead atoms. The molecule has 1 N–H and O–H groups in total. The van der Waals surface area contributed by atoms with E-state index in [2.05, 4.69) is 16.4 Å². The standard InChI is InChI=1S/C16H18N2O3S/c19-16(14-6-8-22(20,21)11-14)17-7-5-12-9-13-3-1-2-4-15(13)18-10-12/h1-4,9-10,14H,5-8,11H2,(H,17,19). The molecule has 1 unspecified atom stereocenters. The molecule has 0 saturated carbocycles. The number of rotatable bonds is 4.